The first-order valence-electron chi connectivity index (χ1n) is 10.5. The summed E-state index contributed by atoms with van der Waals surface area (Å²) in [6.45, 7) is 1.61. The predicted molar refractivity (Wildman–Crippen MR) is 122 cm³/mol. The summed E-state index contributed by atoms with van der Waals surface area (Å²) in [7, 11) is 1.61. The SMILES string of the molecule is Cn1cc(C(=O)O)c(=O)c2c3ccc(F)c(N4CCN(c5ccc(F)c(F)c5)CC4)c3ncc21. The van der Waals surface area contributed by atoms with Crippen LogP contribution in [-0.4, -0.2) is 46.8 Å². The second-order valence-corrected chi connectivity index (χ2v) is 8.17. The standard InChI is InChI=1S/C24H19F3N4O3/c1-29-12-15(24(33)34)23(32)20-14-3-5-17(26)22(21(14)28-11-19(20)29)31-8-6-30(7-9-31)13-2-4-16(25)18(27)10-13/h2-5,10-12H,6-9H2,1H3,(H,33,34). The molecule has 1 N–H and O–H groups in total. The number of carbonyl (C=O) groups is 1. The molecular weight excluding hydrogens is 449 g/mol. The maximum atomic E-state index is 15.0. The van der Waals surface area contributed by atoms with Crippen LogP contribution in [0.4, 0.5) is 24.5 Å². The van der Waals surface area contributed by atoms with Gasteiger partial charge in [0.25, 0.3) is 0 Å². The molecule has 3 heterocycles. The summed E-state index contributed by atoms with van der Waals surface area (Å²) in [4.78, 5) is 32.6. The van der Waals surface area contributed by atoms with E-state index in [1.54, 1.807) is 11.9 Å². The zero-order valence-corrected chi connectivity index (χ0v) is 18.1. The average molecular weight is 468 g/mol. The maximum absolute atomic E-state index is 15.0. The van der Waals surface area contributed by atoms with Gasteiger partial charge in [-0.05, 0) is 24.3 Å². The predicted octanol–water partition coefficient (Wildman–Crippen LogP) is 3.53. The lowest BCUT2D eigenvalue weighted by Crippen LogP contribution is -2.47. The monoisotopic (exact) mass is 468 g/mol. The van der Waals surface area contributed by atoms with E-state index in [2.05, 4.69) is 4.98 Å². The van der Waals surface area contributed by atoms with E-state index in [-0.39, 0.29) is 22.2 Å². The van der Waals surface area contributed by atoms with Crippen molar-refractivity contribution in [3.8, 4) is 0 Å². The van der Waals surface area contributed by atoms with E-state index in [0.717, 1.165) is 12.1 Å². The fourth-order valence-corrected chi connectivity index (χ4v) is 4.50. The Balaban J connectivity index is 1.57. The molecule has 0 amide bonds. The molecular formula is C24H19F3N4O3. The lowest BCUT2D eigenvalue weighted by molar-refractivity contribution is 0.0695. The molecule has 2 aromatic carbocycles. The molecule has 5 rings (SSSR count). The van der Waals surface area contributed by atoms with Gasteiger partial charge < -0.3 is 19.5 Å². The fraction of sp³-hybridized carbons (Fsp3) is 0.208. The van der Waals surface area contributed by atoms with Crippen molar-refractivity contribution in [3.05, 3.63) is 76.0 Å². The van der Waals surface area contributed by atoms with Gasteiger partial charge in [0.2, 0.25) is 5.43 Å². The quantitative estimate of drug-likeness (QED) is 0.464. The van der Waals surface area contributed by atoms with Gasteiger partial charge in [0.15, 0.2) is 11.6 Å². The van der Waals surface area contributed by atoms with Crippen LogP contribution in [0.15, 0.2) is 47.5 Å². The number of aromatic carboxylic acids is 1. The van der Waals surface area contributed by atoms with Crippen molar-refractivity contribution in [2.24, 2.45) is 7.05 Å². The highest BCUT2D eigenvalue weighted by atomic mass is 19.2. The van der Waals surface area contributed by atoms with Crippen LogP contribution in [0.5, 0.6) is 0 Å². The molecule has 0 bridgehead atoms. The van der Waals surface area contributed by atoms with Crippen molar-refractivity contribution in [2.75, 3.05) is 36.0 Å². The Bertz CT molecular complexity index is 1530. The van der Waals surface area contributed by atoms with E-state index < -0.39 is 28.8 Å². The lowest BCUT2D eigenvalue weighted by atomic mass is 10.0. The summed E-state index contributed by atoms with van der Waals surface area (Å²) < 4.78 is 43.5. The molecule has 174 valence electrons. The summed E-state index contributed by atoms with van der Waals surface area (Å²) in [5, 5.41) is 9.95. The molecule has 0 saturated carbocycles. The summed E-state index contributed by atoms with van der Waals surface area (Å²) in [6.07, 6.45) is 2.67. The van der Waals surface area contributed by atoms with Gasteiger partial charge in [0.1, 0.15) is 11.4 Å². The van der Waals surface area contributed by atoms with Crippen LogP contribution in [0.1, 0.15) is 10.4 Å². The highest BCUT2D eigenvalue weighted by Crippen LogP contribution is 2.33. The Hall–Kier alpha value is -4.08. The summed E-state index contributed by atoms with van der Waals surface area (Å²) in [5.41, 5.74) is 0.400. The maximum Gasteiger partial charge on any atom is 0.341 e. The molecule has 10 heteroatoms. The second-order valence-electron chi connectivity index (χ2n) is 8.17. The molecule has 0 radical (unpaired) electrons. The average Bonchev–Trinajstić information content (AvgIpc) is 2.82. The molecule has 1 aliphatic rings. The molecule has 0 spiro atoms. The molecule has 1 aliphatic heterocycles. The van der Waals surface area contributed by atoms with E-state index in [4.69, 9.17) is 0 Å². The third-order valence-corrected chi connectivity index (χ3v) is 6.21. The molecule has 0 unspecified atom stereocenters. The Labute approximate surface area is 191 Å². The lowest BCUT2D eigenvalue weighted by Gasteiger charge is -2.37. The zero-order valence-electron chi connectivity index (χ0n) is 18.1. The van der Waals surface area contributed by atoms with E-state index in [1.807, 2.05) is 4.90 Å². The second kappa shape index (κ2) is 8.05. The van der Waals surface area contributed by atoms with Crippen LogP contribution in [0.2, 0.25) is 0 Å². The number of halogens is 3. The van der Waals surface area contributed by atoms with Crippen LogP contribution in [0, 0.1) is 17.5 Å². The van der Waals surface area contributed by atoms with Crippen LogP contribution in [0.25, 0.3) is 21.8 Å². The van der Waals surface area contributed by atoms with Crippen LogP contribution < -0.4 is 15.2 Å². The normalized spacial score (nSPS) is 14.2. The number of aromatic nitrogens is 2. The van der Waals surface area contributed by atoms with Gasteiger partial charge in [-0.3, -0.25) is 9.78 Å². The molecule has 2 aromatic heterocycles. The number of fused-ring (bicyclic) bond motifs is 3. The molecule has 4 aromatic rings. The molecule has 0 aliphatic carbocycles. The number of aryl methyl sites for hydroxylation is 1. The van der Waals surface area contributed by atoms with E-state index >= 15 is 4.39 Å². The van der Waals surface area contributed by atoms with Crippen LogP contribution in [0.3, 0.4) is 0 Å². The Morgan fingerprint density at radius 1 is 0.971 bits per heavy atom. The van der Waals surface area contributed by atoms with Crippen LogP contribution >= 0.6 is 0 Å². The molecule has 0 atom stereocenters. The van der Waals surface area contributed by atoms with Crippen molar-refractivity contribution in [1.29, 1.82) is 0 Å². The number of anilines is 2. The number of nitrogens with zero attached hydrogens (tertiary/aromatic N) is 4. The highest BCUT2D eigenvalue weighted by Gasteiger charge is 2.25. The molecule has 34 heavy (non-hydrogen) atoms. The van der Waals surface area contributed by atoms with Gasteiger partial charge in [-0.25, -0.2) is 18.0 Å². The Kier molecular flexibility index (Phi) is 5.15. The van der Waals surface area contributed by atoms with Crippen molar-refractivity contribution < 1.29 is 23.1 Å². The summed E-state index contributed by atoms with van der Waals surface area (Å²) >= 11 is 0. The van der Waals surface area contributed by atoms with Crippen molar-refractivity contribution in [3.63, 3.8) is 0 Å². The van der Waals surface area contributed by atoms with Gasteiger partial charge in [-0.2, -0.15) is 0 Å². The largest absolute Gasteiger partial charge is 0.477 e. The highest BCUT2D eigenvalue weighted by molar-refractivity contribution is 6.09. The van der Waals surface area contributed by atoms with Crippen LogP contribution in [-0.2, 0) is 7.05 Å². The number of hydrogen-bond acceptors (Lipinski definition) is 5. The molecule has 1 saturated heterocycles. The first kappa shape index (κ1) is 21.7. The third kappa shape index (κ3) is 3.42. The number of pyridine rings is 2. The number of carboxylic acid groups (broad SMARTS) is 1. The van der Waals surface area contributed by atoms with Gasteiger partial charge in [-0.1, -0.05) is 0 Å². The number of carboxylic acids is 1. The summed E-state index contributed by atoms with van der Waals surface area (Å²) in [6, 6.07) is 6.38. The van der Waals surface area contributed by atoms with Gasteiger partial charge in [0.05, 0.1) is 28.3 Å². The molecule has 7 nitrogen and oxygen atoms in total. The first-order valence-corrected chi connectivity index (χ1v) is 10.5. The van der Waals surface area contributed by atoms with E-state index in [1.165, 1.54) is 35.2 Å². The minimum atomic E-state index is -1.34. The minimum absolute atomic E-state index is 0.161. The number of benzene rings is 2. The number of rotatable bonds is 3. The van der Waals surface area contributed by atoms with Crippen molar-refractivity contribution >= 4 is 39.1 Å². The Morgan fingerprint density at radius 3 is 2.32 bits per heavy atom. The van der Waals surface area contributed by atoms with Gasteiger partial charge in [-0.15, -0.1) is 0 Å². The van der Waals surface area contributed by atoms with Gasteiger partial charge in [0, 0.05) is 56.6 Å². The topological polar surface area (TPSA) is 78.7 Å². The number of piperazine rings is 1. The van der Waals surface area contributed by atoms with E-state index in [0.29, 0.717) is 42.8 Å². The molecule has 1 fully saturated rings. The number of hydrogen-bond donors (Lipinski definition) is 1. The Morgan fingerprint density at radius 2 is 1.65 bits per heavy atom. The van der Waals surface area contributed by atoms with Gasteiger partial charge >= 0.3 is 5.97 Å². The van der Waals surface area contributed by atoms with Crippen molar-refractivity contribution in [1.82, 2.24) is 9.55 Å². The van der Waals surface area contributed by atoms with E-state index in [9.17, 15) is 23.5 Å². The summed E-state index contributed by atoms with van der Waals surface area (Å²) in [5.74, 6) is -3.72. The first-order chi connectivity index (χ1) is 16.3. The smallest absolute Gasteiger partial charge is 0.341 e. The third-order valence-electron chi connectivity index (χ3n) is 6.21. The zero-order chi connectivity index (χ0) is 24.1. The fourth-order valence-electron chi connectivity index (χ4n) is 4.50. The van der Waals surface area contributed by atoms with Crippen molar-refractivity contribution in [2.45, 2.75) is 0 Å². The minimum Gasteiger partial charge on any atom is -0.477 e.